The van der Waals surface area contributed by atoms with E-state index in [1.54, 1.807) is 12.1 Å². The number of hydrogen-bond acceptors (Lipinski definition) is 4. The number of carbonyl (C=O) groups is 1. The van der Waals surface area contributed by atoms with Crippen molar-refractivity contribution < 1.29 is 23.1 Å². The Morgan fingerprint density at radius 1 is 0.897 bits per heavy atom. The summed E-state index contributed by atoms with van der Waals surface area (Å²) in [5.74, 6) is 3.01. The Morgan fingerprint density at radius 2 is 1.59 bits per heavy atom. The van der Waals surface area contributed by atoms with Crippen molar-refractivity contribution in [1.82, 2.24) is 9.80 Å². The van der Waals surface area contributed by atoms with Crippen LogP contribution in [-0.2, 0) is 17.5 Å². The van der Waals surface area contributed by atoms with E-state index in [1.807, 2.05) is 0 Å². The molecule has 0 spiro atoms. The van der Waals surface area contributed by atoms with Gasteiger partial charge in [0.05, 0.1) is 11.2 Å². The van der Waals surface area contributed by atoms with Crippen LogP contribution in [0.15, 0.2) is 24.3 Å². The molecule has 6 rings (SSSR count). The summed E-state index contributed by atoms with van der Waals surface area (Å²) in [6, 6.07) is 5.52. The van der Waals surface area contributed by atoms with Crippen LogP contribution in [0.4, 0.5) is 13.2 Å². The lowest BCUT2D eigenvalue weighted by molar-refractivity contribution is -0.158. The van der Waals surface area contributed by atoms with Crippen molar-refractivity contribution in [3.05, 3.63) is 35.4 Å². The molecule has 0 unspecified atom stereocenters. The summed E-state index contributed by atoms with van der Waals surface area (Å²) in [7, 11) is 0. The van der Waals surface area contributed by atoms with Crippen LogP contribution >= 0.6 is 0 Å². The highest BCUT2D eigenvalue weighted by atomic mass is 19.4. The van der Waals surface area contributed by atoms with Crippen molar-refractivity contribution in [3.8, 4) is 0 Å². The molecule has 1 aromatic rings. The molecule has 7 heteroatoms. The van der Waals surface area contributed by atoms with Crippen LogP contribution in [0.1, 0.15) is 82.8 Å². The van der Waals surface area contributed by atoms with Crippen molar-refractivity contribution in [2.45, 2.75) is 90.0 Å². The summed E-state index contributed by atoms with van der Waals surface area (Å²) in [5.41, 5.74) is -0.130. The number of aliphatic hydroxyl groups is 1. The molecule has 1 saturated heterocycles. The van der Waals surface area contributed by atoms with Gasteiger partial charge in [-0.15, -0.1) is 0 Å². The SMILES string of the molecule is C[C@]12CC[C@](O)(CN3CCN(Cc4ccc(C(F)(F)F)cc4)CC3)C[C@@H]1CC[C@@H]1[C@@H]2CC[C@]2(C)C(=O)CC[C@@H]12. The number of hydrogen-bond donors (Lipinski definition) is 1. The van der Waals surface area contributed by atoms with Crippen LogP contribution in [0.3, 0.4) is 0 Å². The maximum absolute atomic E-state index is 12.9. The molecule has 4 aliphatic carbocycles. The van der Waals surface area contributed by atoms with Gasteiger partial charge in [-0.3, -0.25) is 14.6 Å². The van der Waals surface area contributed by atoms with Gasteiger partial charge in [-0.2, -0.15) is 13.2 Å². The van der Waals surface area contributed by atoms with Gasteiger partial charge in [-0.05, 0) is 98.1 Å². The molecule has 0 amide bonds. The monoisotopic (exact) mass is 546 g/mol. The van der Waals surface area contributed by atoms with E-state index in [1.165, 1.54) is 31.4 Å². The van der Waals surface area contributed by atoms with Crippen molar-refractivity contribution in [2.24, 2.45) is 34.5 Å². The largest absolute Gasteiger partial charge is 0.416 e. The second-order valence-corrected chi connectivity index (χ2v) is 14.3. The Bertz CT molecular complexity index is 1070. The quantitative estimate of drug-likeness (QED) is 0.491. The molecule has 5 aliphatic rings. The Balaban J connectivity index is 1.02. The zero-order chi connectivity index (χ0) is 27.6. The number of benzene rings is 1. The molecule has 1 aromatic carbocycles. The second kappa shape index (κ2) is 9.84. The average Bonchev–Trinajstić information content (AvgIpc) is 3.20. The van der Waals surface area contributed by atoms with Gasteiger partial charge >= 0.3 is 6.18 Å². The molecular formula is C32H45F3N2O2. The van der Waals surface area contributed by atoms with Gasteiger partial charge in [0.2, 0.25) is 0 Å². The molecule has 0 aromatic heterocycles. The topological polar surface area (TPSA) is 43.8 Å². The van der Waals surface area contributed by atoms with Gasteiger partial charge in [-0.25, -0.2) is 0 Å². The zero-order valence-corrected chi connectivity index (χ0v) is 23.6. The summed E-state index contributed by atoms with van der Waals surface area (Å²) >= 11 is 0. The van der Waals surface area contributed by atoms with Crippen molar-refractivity contribution in [1.29, 1.82) is 0 Å². The van der Waals surface area contributed by atoms with E-state index in [0.717, 1.165) is 76.8 Å². The summed E-state index contributed by atoms with van der Waals surface area (Å²) in [6.07, 6.45) is 5.04. The van der Waals surface area contributed by atoms with Gasteiger partial charge in [0.15, 0.2) is 0 Å². The Hall–Kier alpha value is -1.44. The van der Waals surface area contributed by atoms with Crippen LogP contribution in [0, 0.1) is 34.5 Å². The Labute approximate surface area is 231 Å². The van der Waals surface area contributed by atoms with Gasteiger partial charge in [0.1, 0.15) is 5.78 Å². The number of carbonyl (C=O) groups excluding carboxylic acids is 1. The highest BCUT2D eigenvalue weighted by Crippen LogP contribution is 2.66. The van der Waals surface area contributed by atoms with Gasteiger partial charge in [0, 0.05) is 51.1 Å². The highest BCUT2D eigenvalue weighted by Gasteiger charge is 2.61. The average molecular weight is 547 g/mol. The molecular weight excluding hydrogens is 501 g/mol. The highest BCUT2D eigenvalue weighted by molar-refractivity contribution is 5.87. The molecule has 1 aliphatic heterocycles. The molecule has 4 saturated carbocycles. The maximum Gasteiger partial charge on any atom is 0.416 e. The van der Waals surface area contributed by atoms with Gasteiger partial charge in [-0.1, -0.05) is 26.0 Å². The second-order valence-electron chi connectivity index (χ2n) is 14.3. The first-order chi connectivity index (χ1) is 18.4. The number of Topliss-reactive ketones (excluding diaryl/α,β-unsaturated/α-hetero) is 1. The lowest BCUT2D eigenvalue weighted by atomic mass is 9.44. The fourth-order valence-corrected chi connectivity index (χ4v) is 9.82. The lowest BCUT2D eigenvalue weighted by Gasteiger charge is -2.61. The smallest absolute Gasteiger partial charge is 0.389 e. The van der Waals surface area contributed by atoms with Crippen molar-refractivity contribution in [2.75, 3.05) is 32.7 Å². The molecule has 0 bridgehead atoms. The summed E-state index contributed by atoms with van der Waals surface area (Å²) in [6.45, 7) is 9.62. The third-order valence-corrected chi connectivity index (χ3v) is 12.2. The number of piperazine rings is 1. The van der Waals surface area contributed by atoms with Gasteiger partial charge in [0.25, 0.3) is 0 Å². The predicted molar refractivity (Wildman–Crippen MR) is 145 cm³/mol. The predicted octanol–water partition coefficient (Wildman–Crippen LogP) is 6.17. The standard InChI is InChI=1S/C32H45F3N2O2/c1-29-13-14-31(39,19-24(29)7-8-25-26-9-10-28(38)30(26,2)12-11-27(25)29)21-37-17-15-36(16-18-37)20-22-3-5-23(6-4-22)32(33,34)35/h3-6,24-27,39H,7-21H2,1-2H3/t24-,25-,26-,27-,29-,30-,31+/m0/s1. The number of nitrogens with zero attached hydrogens (tertiary/aromatic N) is 2. The van der Waals surface area contributed by atoms with E-state index in [-0.39, 0.29) is 10.8 Å². The minimum Gasteiger partial charge on any atom is -0.389 e. The first-order valence-corrected chi connectivity index (χ1v) is 15.3. The van der Waals surface area contributed by atoms with Crippen molar-refractivity contribution >= 4 is 5.78 Å². The van der Waals surface area contributed by atoms with E-state index in [9.17, 15) is 23.1 Å². The first-order valence-electron chi connectivity index (χ1n) is 15.3. The third-order valence-electron chi connectivity index (χ3n) is 12.2. The molecule has 0 radical (unpaired) electrons. The zero-order valence-electron chi connectivity index (χ0n) is 23.6. The number of β-amino-alcohol motifs (C(OH)–C–C–N with tert-alkyl or cyclic N) is 1. The number of fused-ring (bicyclic) bond motifs is 5. The number of halogens is 3. The fourth-order valence-electron chi connectivity index (χ4n) is 9.82. The van der Waals surface area contributed by atoms with E-state index in [4.69, 9.17) is 0 Å². The molecule has 7 atom stereocenters. The number of ketones is 1. The maximum atomic E-state index is 12.9. The van der Waals surface area contributed by atoms with Crippen LogP contribution in [0.25, 0.3) is 0 Å². The number of alkyl halides is 3. The summed E-state index contributed by atoms with van der Waals surface area (Å²) < 4.78 is 38.6. The fraction of sp³-hybridized carbons (Fsp3) is 0.781. The molecule has 1 N–H and O–H groups in total. The molecule has 4 nitrogen and oxygen atoms in total. The van der Waals surface area contributed by atoms with E-state index < -0.39 is 17.3 Å². The minimum absolute atomic E-state index is 0.0750. The van der Waals surface area contributed by atoms with Crippen molar-refractivity contribution in [3.63, 3.8) is 0 Å². The molecule has 216 valence electrons. The van der Waals surface area contributed by atoms with Crippen LogP contribution in [0.5, 0.6) is 0 Å². The van der Waals surface area contributed by atoms with Gasteiger partial charge < -0.3 is 5.11 Å². The van der Waals surface area contributed by atoms with E-state index >= 15 is 0 Å². The molecule has 1 heterocycles. The molecule has 5 fully saturated rings. The first kappa shape index (κ1) is 27.7. The third kappa shape index (κ3) is 4.99. The summed E-state index contributed by atoms with van der Waals surface area (Å²) in [4.78, 5) is 17.4. The molecule has 39 heavy (non-hydrogen) atoms. The van der Waals surface area contributed by atoms with Crippen LogP contribution in [0.2, 0.25) is 0 Å². The lowest BCUT2D eigenvalue weighted by Crippen LogP contribution is -2.59. The summed E-state index contributed by atoms with van der Waals surface area (Å²) in [5, 5.41) is 11.8. The Morgan fingerprint density at radius 3 is 2.28 bits per heavy atom. The minimum atomic E-state index is -4.30. The Kier molecular flexibility index (Phi) is 6.99. The van der Waals surface area contributed by atoms with E-state index in [2.05, 4.69) is 23.6 Å². The normalized spacial score (nSPS) is 41.6. The van der Waals surface area contributed by atoms with Crippen LogP contribution in [-0.4, -0.2) is 59.0 Å². The number of rotatable bonds is 4. The van der Waals surface area contributed by atoms with E-state index in [0.29, 0.717) is 36.0 Å². The van der Waals surface area contributed by atoms with Crippen LogP contribution < -0.4 is 0 Å².